The van der Waals surface area contributed by atoms with Crippen LogP contribution in [0.3, 0.4) is 0 Å². The molecule has 0 aliphatic carbocycles. The summed E-state index contributed by atoms with van der Waals surface area (Å²) in [7, 11) is 0. The minimum absolute atomic E-state index is 0.307. The van der Waals surface area contributed by atoms with Gasteiger partial charge in [0.25, 0.3) is 0 Å². The van der Waals surface area contributed by atoms with E-state index in [4.69, 9.17) is 9.47 Å². The Hall–Kier alpha value is -4.62. The molecule has 5 aromatic rings. The van der Waals surface area contributed by atoms with Crippen LogP contribution in [0.5, 0.6) is 5.75 Å². The van der Waals surface area contributed by atoms with Crippen molar-refractivity contribution in [1.29, 1.82) is 0 Å². The van der Waals surface area contributed by atoms with Gasteiger partial charge in [0.05, 0.1) is 27.2 Å². The molecule has 6 nitrogen and oxygen atoms in total. The lowest BCUT2D eigenvalue weighted by Gasteiger charge is -2.09. The van der Waals surface area contributed by atoms with Crippen LogP contribution in [0.2, 0.25) is 0 Å². The number of carbonyl (C=O) groups excluding carboxylic acids is 3. The lowest BCUT2D eigenvalue weighted by Crippen LogP contribution is -2.15. The molecule has 0 spiro atoms. The van der Waals surface area contributed by atoms with Crippen molar-refractivity contribution in [3.05, 3.63) is 119 Å². The van der Waals surface area contributed by atoms with Crippen LogP contribution < -0.4 is 4.74 Å². The molecule has 0 unspecified atom stereocenters. The van der Waals surface area contributed by atoms with Crippen molar-refractivity contribution in [3.63, 3.8) is 0 Å². The summed E-state index contributed by atoms with van der Waals surface area (Å²) in [4.78, 5) is 43.4. The summed E-state index contributed by atoms with van der Waals surface area (Å²) in [6.07, 6.45) is 0. The fourth-order valence-corrected chi connectivity index (χ4v) is 4.32. The van der Waals surface area contributed by atoms with Crippen LogP contribution in [0.15, 0.2) is 102 Å². The van der Waals surface area contributed by atoms with E-state index in [-0.39, 0.29) is 5.78 Å². The molecule has 0 aliphatic heterocycles. The second-order valence-corrected chi connectivity index (χ2v) is 8.78. The summed E-state index contributed by atoms with van der Waals surface area (Å²) >= 11 is 1.52. The summed E-state index contributed by atoms with van der Waals surface area (Å²) < 4.78 is 10.7. The summed E-state index contributed by atoms with van der Waals surface area (Å²) in [6.45, 7) is -0.424. The number of hydrogen-bond donors (Lipinski definition) is 0. The van der Waals surface area contributed by atoms with E-state index in [1.54, 1.807) is 36.4 Å². The smallest absolute Gasteiger partial charge is 0.343 e. The van der Waals surface area contributed by atoms with Crippen LogP contribution in [0, 0.1) is 0 Å². The van der Waals surface area contributed by atoms with Gasteiger partial charge < -0.3 is 9.47 Å². The van der Waals surface area contributed by atoms with Gasteiger partial charge in [-0.1, -0.05) is 42.5 Å². The van der Waals surface area contributed by atoms with Gasteiger partial charge in [-0.05, 0) is 60.0 Å². The molecule has 2 aromatic heterocycles. The highest BCUT2D eigenvalue weighted by Gasteiger charge is 2.18. The van der Waals surface area contributed by atoms with E-state index < -0.39 is 18.5 Å². The number of para-hydroxylation sites is 1. The van der Waals surface area contributed by atoms with Crippen LogP contribution in [-0.4, -0.2) is 29.3 Å². The summed E-state index contributed by atoms with van der Waals surface area (Å²) in [6, 6.07) is 27.6. The molecule has 5 rings (SSSR count). The Bertz CT molecular complexity index is 1540. The third-order valence-corrected chi connectivity index (χ3v) is 6.33. The predicted molar refractivity (Wildman–Crippen MR) is 138 cm³/mol. The Morgan fingerprint density at radius 1 is 0.750 bits per heavy atom. The van der Waals surface area contributed by atoms with Crippen molar-refractivity contribution < 1.29 is 23.9 Å². The quantitative estimate of drug-likeness (QED) is 0.152. The molecule has 0 atom stereocenters. The Morgan fingerprint density at radius 2 is 1.50 bits per heavy atom. The lowest BCUT2D eigenvalue weighted by molar-refractivity contribution is 0.0476. The first-order chi connectivity index (χ1) is 17.6. The molecule has 0 amide bonds. The molecule has 176 valence electrons. The van der Waals surface area contributed by atoms with Crippen molar-refractivity contribution in [2.45, 2.75) is 0 Å². The molecule has 0 N–H and O–H groups in total. The number of benzene rings is 3. The van der Waals surface area contributed by atoms with Gasteiger partial charge in [0.1, 0.15) is 5.75 Å². The second-order valence-electron chi connectivity index (χ2n) is 7.83. The monoisotopic (exact) mass is 493 g/mol. The van der Waals surface area contributed by atoms with Crippen molar-refractivity contribution in [2.24, 2.45) is 0 Å². The average Bonchev–Trinajstić information content (AvgIpc) is 3.47. The Labute approximate surface area is 210 Å². The van der Waals surface area contributed by atoms with E-state index in [1.165, 1.54) is 35.6 Å². The third kappa shape index (κ3) is 5.06. The van der Waals surface area contributed by atoms with Crippen LogP contribution in [0.25, 0.3) is 21.5 Å². The number of esters is 2. The number of aromatic nitrogens is 1. The molecule has 7 heteroatoms. The SMILES string of the molecule is O=C(COC(=O)c1cc(-c2cccs2)nc2ccccc12)c1ccc(OC(=O)c2ccccc2)cc1. The maximum absolute atomic E-state index is 13.0. The largest absolute Gasteiger partial charge is 0.454 e. The number of ether oxygens (including phenoxy) is 2. The van der Waals surface area contributed by atoms with Gasteiger partial charge in [-0.3, -0.25) is 4.79 Å². The maximum atomic E-state index is 13.0. The van der Waals surface area contributed by atoms with Gasteiger partial charge in [-0.2, -0.15) is 0 Å². The predicted octanol–water partition coefficient (Wildman–Crippen LogP) is 6.22. The van der Waals surface area contributed by atoms with E-state index in [9.17, 15) is 14.4 Å². The number of rotatable bonds is 7. The number of hydrogen-bond acceptors (Lipinski definition) is 7. The molecule has 36 heavy (non-hydrogen) atoms. The lowest BCUT2D eigenvalue weighted by atomic mass is 10.1. The Morgan fingerprint density at radius 3 is 2.25 bits per heavy atom. The molecular weight excluding hydrogens is 474 g/mol. The highest BCUT2D eigenvalue weighted by atomic mass is 32.1. The summed E-state index contributed by atoms with van der Waals surface area (Å²) in [5.41, 5.74) is 2.45. The standard InChI is InChI=1S/C29H19NO5S/c31-26(19-12-14-21(15-13-19)35-28(32)20-7-2-1-3-8-20)18-34-29(33)23-17-25(27-11-6-16-36-27)30-24-10-5-4-9-22(23)24/h1-17H,18H2. The first-order valence-corrected chi connectivity index (χ1v) is 12.0. The van der Waals surface area contributed by atoms with Gasteiger partial charge >= 0.3 is 11.9 Å². The number of pyridine rings is 1. The molecule has 0 aliphatic rings. The maximum Gasteiger partial charge on any atom is 0.343 e. The molecule has 0 saturated carbocycles. The number of ketones is 1. The molecule has 3 aromatic carbocycles. The van der Waals surface area contributed by atoms with Crippen LogP contribution >= 0.6 is 11.3 Å². The van der Waals surface area contributed by atoms with E-state index in [1.807, 2.05) is 41.8 Å². The summed E-state index contributed by atoms with van der Waals surface area (Å²) in [5.74, 6) is -1.16. The molecule has 2 heterocycles. The molecule has 0 fully saturated rings. The molecular formula is C29H19NO5S. The number of Topliss-reactive ketones (excluding diaryl/α,β-unsaturated/α-hetero) is 1. The second kappa shape index (κ2) is 10.3. The summed E-state index contributed by atoms with van der Waals surface area (Å²) in [5, 5.41) is 2.59. The van der Waals surface area contributed by atoms with E-state index in [0.717, 1.165) is 4.88 Å². The zero-order valence-electron chi connectivity index (χ0n) is 18.9. The number of thiophene rings is 1. The Balaban J connectivity index is 1.27. The van der Waals surface area contributed by atoms with E-state index >= 15 is 0 Å². The highest BCUT2D eigenvalue weighted by Crippen LogP contribution is 2.28. The highest BCUT2D eigenvalue weighted by molar-refractivity contribution is 7.13. The fourth-order valence-electron chi connectivity index (χ4n) is 3.64. The Kier molecular flexibility index (Phi) is 6.64. The van der Waals surface area contributed by atoms with Gasteiger partial charge in [0, 0.05) is 10.9 Å². The first-order valence-electron chi connectivity index (χ1n) is 11.1. The number of nitrogens with zero attached hydrogens (tertiary/aromatic N) is 1. The molecule has 0 saturated heterocycles. The fraction of sp³-hybridized carbons (Fsp3) is 0.0345. The van der Waals surface area contributed by atoms with Gasteiger partial charge in [0.15, 0.2) is 12.4 Å². The minimum atomic E-state index is -0.604. The van der Waals surface area contributed by atoms with E-state index in [0.29, 0.717) is 39.0 Å². The van der Waals surface area contributed by atoms with Crippen molar-refractivity contribution in [3.8, 4) is 16.3 Å². The van der Waals surface area contributed by atoms with Crippen LogP contribution in [0.1, 0.15) is 31.1 Å². The first kappa shape index (κ1) is 23.1. The zero-order chi connectivity index (χ0) is 24.9. The molecule has 0 bridgehead atoms. The third-order valence-electron chi connectivity index (χ3n) is 5.44. The van der Waals surface area contributed by atoms with Gasteiger partial charge in [-0.15, -0.1) is 11.3 Å². The minimum Gasteiger partial charge on any atom is -0.454 e. The number of fused-ring (bicyclic) bond motifs is 1. The van der Waals surface area contributed by atoms with Crippen LogP contribution in [0.4, 0.5) is 0 Å². The molecule has 0 radical (unpaired) electrons. The van der Waals surface area contributed by atoms with Crippen molar-refractivity contribution in [2.75, 3.05) is 6.61 Å². The number of carbonyl (C=O) groups is 3. The average molecular weight is 494 g/mol. The normalized spacial score (nSPS) is 10.7. The zero-order valence-corrected chi connectivity index (χ0v) is 19.7. The van der Waals surface area contributed by atoms with Crippen molar-refractivity contribution in [1.82, 2.24) is 4.98 Å². The van der Waals surface area contributed by atoms with Crippen LogP contribution in [-0.2, 0) is 4.74 Å². The van der Waals surface area contributed by atoms with Crippen molar-refractivity contribution >= 4 is 40.0 Å². The van der Waals surface area contributed by atoms with E-state index in [2.05, 4.69) is 4.98 Å². The van der Waals surface area contributed by atoms with Gasteiger partial charge in [0.2, 0.25) is 0 Å². The van der Waals surface area contributed by atoms with Gasteiger partial charge in [-0.25, -0.2) is 14.6 Å². The topological polar surface area (TPSA) is 82.6 Å².